The highest BCUT2D eigenvalue weighted by atomic mass is 16.5. The van der Waals surface area contributed by atoms with Gasteiger partial charge in [0, 0.05) is 17.2 Å². The maximum Gasteiger partial charge on any atom is 0.311 e. The van der Waals surface area contributed by atoms with Crippen LogP contribution >= 0.6 is 0 Å². The Morgan fingerprint density at radius 3 is 2.26 bits per heavy atom. The predicted octanol–water partition coefficient (Wildman–Crippen LogP) is 5.68. The third-order valence-electron chi connectivity index (χ3n) is 4.45. The molecule has 0 aliphatic carbocycles. The van der Waals surface area contributed by atoms with Gasteiger partial charge in [-0.05, 0) is 40.1 Å². The molecule has 0 unspecified atom stereocenters. The molecule has 0 saturated carbocycles. The minimum absolute atomic E-state index is 0.151. The van der Waals surface area contributed by atoms with Crippen LogP contribution in [0.15, 0.2) is 54.6 Å². The van der Waals surface area contributed by atoms with Gasteiger partial charge in [0.2, 0.25) is 0 Å². The number of ether oxygens (including phenoxy) is 1. The first-order chi connectivity index (χ1) is 11.3. The number of carbonyl (C=O) groups is 1. The van der Waals surface area contributed by atoms with E-state index >= 15 is 0 Å². The molecule has 0 bridgehead atoms. The van der Waals surface area contributed by atoms with E-state index < -0.39 is 0 Å². The van der Waals surface area contributed by atoms with Gasteiger partial charge in [-0.2, -0.15) is 0 Å². The molecule has 0 saturated heterocycles. The highest BCUT2D eigenvalue weighted by Gasteiger charge is 2.13. The van der Waals surface area contributed by atoms with Crippen molar-refractivity contribution < 1.29 is 9.53 Å². The Morgan fingerprint density at radius 1 is 0.870 bits per heavy atom. The summed E-state index contributed by atoms with van der Waals surface area (Å²) in [5.41, 5.74) is 0. The normalized spacial score (nSPS) is 11.5. The number of hydrogen-bond donors (Lipinski definition) is 0. The zero-order chi connectivity index (χ0) is 15.8. The van der Waals surface area contributed by atoms with Crippen LogP contribution in [0.3, 0.4) is 0 Å². The van der Waals surface area contributed by atoms with Crippen molar-refractivity contribution in [2.75, 3.05) is 0 Å². The summed E-state index contributed by atoms with van der Waals surface area (Å²) < 4.78 is 5.63. The Morgan fingerprint density at radius 2 is 1.52 bits per heavy atom. The lowest BCUT2D eigenvalue weighted by Crippen LogP contribution is -2.07. The first-order valence-electron chi connectivity index (χ1n) is 8.15. The first kappa shape index (κ1) is 14.0. The van der Waals surface area contributed by atoms with E-state index in [1.54, 1.807) is 0 Å². The monoisotopic (exact) mass is 302 g/mol. The summed E-state index contributed by atoms with van der Waals surface area (Å²) in [5.74, 6) is 0.513. The molecule has 0 radical (unpaired) electrons. The minimum atomic E-state index is -0.151. The Labute approximate surface area is 135 Å². The van der Waals surface area contributed by atoms with E-state index in [1.807, 2.05) is 12.1 Å². The molecule has 2 heteroatoms. The Balaban J connectivity index is 1.91. The smallest absolute Gasteiger partial charge is 0.311 e. The molecule has 4 rings (SSSR count). The second-order valence-corrected chi connectivity index (χ2v) is 6.00. The van der Waals surface area contributed by atoms with Gasteiger partial charge in [-0.3, -0.25) is 4.79 Å². The van der Waals surface area contributed by atoms with Crippen molar-refractivity contribution in [2.45, 2.75) is 26.2 Å². The molecule has 0 amide bonds. The number of hydrogen-bond acceptors (Lipinski definition) is 2. The van der Waals surface area contributed by atoms with Gasteiger partial charge in [-0.25, -0.2) is 0 Å². The standard InChI is InChI=1S/C21H18O2/c1-2-3-7-19(22)23-18-13-11-16-9-8-14-5-4-6-15-10-12-17(18)21(16)20(14)15/h4-6,8-13H,2-3,7H2,1H3. The van der Waals surface area contributed by atoms with Gasteiger partial charge in [0.1, 0.15) is 5.75 Å². The summed E-state index contributed by atoms with van der Waals surface area (Å²) in [6.45, 7) is 2.07. The van der Waals surface area contributed by atoms with Gasteiger partial charge in [-0.1, -0.05) is 55.8 Å². The Bertz CT molecular complexity index is 985. The zero-order valence-electron chi connectivity index (χ0n) is 13.1. The van der Waals surface area contributed by atoms with Crippen LogP contribution in [0.1, 0.15) is 26.2 Å². The molecule has 0 N–H and O–H groups in total. The maximum absolute atomic E-state index is 12.0. The molecule has 0 aliphatic heterocycles. The average Bonchev–Trinajstić information content (AvgIpc) is 2.59. The number of unbranched alkanes of at least 4 members (excludes halogenated alkanes) is 1. The maximum atomic E-state index is 12.0. The summed E-state index contributed by atoms with van der Waals surface area (Å²) >= 11 is 0. The van der Waals surface area contributed by atoms with Crippen molar-refractivity contribution in [3.63, 3.8) is 0 Å². The molecular weight excluding hydrogens is 284 g/mol. The van der Waals surface area contributed by atoms with Crippen molar-refractivity contribution in [1.82, 2.24) is 0 Å². The molecule has 4 aromatic carbocycles. The van der Waals surface area contributed by atoms with Gasteiger partial charge in [0.05, 0.1) is 0 Å². The van der Waals surface area contributed by atoms with Gasteiger partial charge in [0.25, 0.3) is 0 Å². The van der Waals surface area contributed by atoms with E-state index in [0.29, 0.717) is 12.2 Å². The fourth-order valence-corrected chi connectivity index (χ4v) is 3.29. The molecule has 0 fully saturated rings. The van der Waals surface area contributed by atoms with Crippen molar-refractivity contribution in [2.24, 2.45) is 0 Å². The van der Waals surface area contributed by atoms with Crippen LogP contribution in [-0.2, 0) is 4.79 Å². The van der Waals surface area contributed by atoms with Gasteiger partial charge < -0.3 is 4.74 Å². The fraction of sp³-hybridized carbons (Fsp3) is 0.190. The third kappa shape index (κ3) is 2.31. The third-order valence-corrected chi connectivity index (χ3v) is 4.45. The molecule has 0 aromatic heterocycles. The number of esters is 1. The number of rotatable bonds is 4. The van der Waals surface area contributed by atoms with Crippen LogP contribution in [0.2, 0.25) is 0 Å². The molecule has 0 heterocycles. The van der Waals surface area contributed by atoms with Crippen LogP contribution in [0, 0.1) is 0 Å². The zero-order valence-corrected chi connectivity index (χ0v) is 13.1. The van der Waals surface area contributed by atoms with Gasteiger partial charge in [-0.15, -0.1) is 0 Å². The van der Waals surface area contributed by atoms with E-state index in [4.69, 9.17) is 4.74 Å². The van der Waals surface area contributed by atoms with Crippen LogP contribution in [-0.4, -0.2) is 5.97 Å². The summed E-state index contributed by atoms with van der Waals surface area (Å²) in [4.78, 5) is 12.0. The van der Waals surface area contributed by atoms with Crippen molar-refractivity contribution >= 4 is 38.3 Å². The Hall–Kier alpha value is -2.61. The molecule has 4 aromatic rings. The van der Waals surface area contributed by atoms with E-state index in [9.17, 15) is 4.79 Å². The van der Waals surface area contributed by atoms with Crippen LogP contribution in [0.4, 0.5) is 0 Å². The largest absolute Gasteiger partial charge is 0.426 e. The van der Waals surface area contributed by atoms with E-state index in [-0.39, 0.29) is 5.97 Å². The Kier molecular flexibility index (Phi) is 3.38. The van der Waals surface area contributed by atoms with Crippen molar-refractivity contribution in [1.29, 1.82) is 0 Å². The highest BCUT2D eigenvalue weighted by molar-refractivity contribution is 6.24. The lowest BCUT2D eigenvalue weighted by atomic mass is 9.94. The second kappa shape index (κ2) is 5.54. The summed E-state index contributed by atoms with van der Waals surface area (Å²) in [6, 6.07) is 18.7. The van der Waals surface area contributed by atoms with Crippen LogP contribution in [0.5, 0.6) is 5.75 Å². The second-order valence-electron chi connectivity index (χ2n) is 6.00. The van der Waals surface area contributed by atoms with Crippen molar-refractivity contribution in [3.8, 4) is 5.75 Å². The summed E-state index contributed by atoms with van der Waals surface area (Å²) in [6.07, 6.45) is 2.33. The van der Waals surface area contributed by atoms with E-state index in [1.165, 1.54) is 26.9 Å². The highest BCUT2D eigenvalue weighted by Crippen LogP contribution is 2.38. The average molecular weight is 302 g/mol. The van der Waals surface area contributed by atoms with Crippen LogP contribution in [0.25, 0.3) is 32.3 Å². The minimum Gasteiger partial charge on any atom is -0.426 e. The van der Waals surface area contributed by atoms with Crippen LogP contribution < -0.4 is 4.74 Å². The topological polar surface area (TPSA) is 26.3 Å². The number of carbonyl (C=O) groups excluding carboxylic acids is 1. The quantitative estimate of drug-likeness (QED) is 0.275. The molecular formula is C21H18O2. The SMILES string of the molecule is CCCCC(=O)Oc1ccc2ccc3cccc4ccc1c2c34. The molecule has 0 aliphatic rings. The molecule has 114 valence electrons. The predicted molar refractivity (Wildman–Crippen MR) is 95.3 cm³/mol. The lowest BCUT2D eigenvalue weighted by molar-refractivity contribution is -0.134. The molecule has 0 spiro atoms. The summed E-state index contributed by atoms with van der Waals surface area (Å²) in [7, 11) is 0. The van der Waals surface area contributed by atoms with Gasteiger partial charge >= 0.3 is 5.97 Å². The molecule has 0 atom stereocenters. The number of benzene rings is 4. The molecule has 2 nitrogen and oxygen atoms in total. The first-order valence-corrected chi connectivity index (χ1v) is 8.15. The van der Waals surface area contributed by atoms with Crippen molar-refractivity contribution in [3.05, 3.63) is 54.6 Å². The van der Waals surface area contributed by atoms with Gasteiger partial charge in [0.15, 0.2) is 0 Å². The summed E-state index contributed by atoms with van der Waals surface area (Å²) in [5, 5.41) is 7.05. The molecule has 23 heavy (non-hydrogen) atoms. The fourth-order valence-electron chi connectivity index (χ4n) is 3.29. The van der Waals surface area contributed by atoms with E-state index in [2.05, 4.69) is 49.4 Å². The van der Waals surface area contributed by atoms with E-state index in [0.717, 1.165) is 18.2 Å². The lowest BCUT2D eigenvalue weighted by Gasteiger charge is -2.13.